The molecule has 0 radical (unpaired) electrons. The first-order valence-corrected chi connectivity index (χ1v) is 11.9. The SMILES string of the molecule is C=CC(=O)Nc1cc(Nc2nccc(-c3cn(C(F)F)c4ccccc34)n2)c(OC)cc1OCC1(N)CC1. The Hall–Kier alpha value is -4.51. The van der Waals surface area contributed by atoms with Crippen molar-refractivity contribution in [2.24, 2.45) is 5.73 Å². The van der Waals surface area contributed by atoms with Gasteiger partial charge in [0, 0.05) is 29.4 Å². The summed E-state index contributed by atoms with van der Waals surface area (Å²) in [6.07, 6.45) is 5.78. The molecule has 0 atom stereocenters. The molecule has 0 aliphatic heterocycles. The first-order chi connectivity index (χ1) is 18.3. The molecule has 11 heteroatoms. The van der Waals surface area contributed by atoms with E-state index in [0.717, 1.165) is 23.5 Å². The highest BCUT2D eigenvalue weighted by Gasteiger charge is 2.39. The van der Waals surface area contributed by atoms with E-state index in [0.29, 0.717) is 45.0 Å². The zero-order valence-corrected chi connectivity index (χ0v) is 20.6. The molecule has 196 valence electrons. The quantitative estimate of drug-likeness (QED) is 0.245. The van der Waals surface area contributed by atoms with Gasteiger partial charge in [-0.15, -0.1) is 0 Å². The van der Waals surface area contributed by atoms with Crippen LogP contribution < -0.4 is 25.8 Å². The van der Waals surface area contributed by atoms with Gasteiger partial charge in [0.05, 0.1) is 35.2 Å². The van der Waals surface area contributed by atoms with Gasteiger partial charge < -0.3 is 25.8 Å². The van der Waals surface area contributed by atoms with Crippen molar-refractivity contribution in [2.75, 3.05) is 24.4 Å². The molecule has 2 aromatic carbocycles. The molecular formula is C27H26F2N6O3. The molecule has 2 aromatic heterocycles. The molecule has 1 fully saturated rings. The predicted molar refractivity (Wildman–Crippen MR) is 141 cm³/mol. The molecule has 1 amide bonds. The fourth-order valence-electron chi connectivity index (χ4n) is 4.01. The van der Waals surface area contributed by atoms with Crippen molar-refractivity contribution in [3.63, 3.8) is 0 Å². The zero-order chi connectivity index (χ0) is 26.9. The van der Waals surface area contributed by atoms with Gasteiger partial charge in [-0.1, -0.05) is 24.8 Å². The smallest absolute Gasteiger partial charge is 0.319 e. The van der Waals surface area contributed by atoms with E-state index < -0.39 is 12.5 Å². The van der Waals surface area contributed by atoms with Crippen LogP contribution in [0, 0.1) is 0 Å². The first-order valence-electron chi connectivity index (χ1n) is 11.9. The number of amides is 1. The Kier molecular flexibility index (Phi) is 6.68. The molecular weight excluding hydrogens is 494 g/mol. The number of carbonyl (C=O) groups excluding carboxylic acids is 1. The molecule has 4 N–H and O–H groups in total. The fourth-order valence-corrected chi connectivity index (χ4v) is 4.01. The second-order valence-electron chi connectivity index (χ2n) is 9.03. The maximum atomic E-state index is 13.6. The molecule has 1 aliphatic carbocycles. The normalized spacial score (nSPS) is 13.8. The summed E-state index contributed by atoms with van der Waals surface area (Å²) in [5, 5.41) is 6.47. The maximum absolute atomic E-state index is 13.6. The molecule has 9 nitrogen and oxygen atoms in total. The maximum Gasteiger partial charge on any atom is 0.319 e. The Balaban J connectivity index is 1.49. The van der Waals surface area contributed by atoms with Gasteiger partial charge in [0.15, 0.2) is 0 Å². The van der Waals surface area contributed by atoms with Gasteiger partial charge in [0.1, 0.15) is 18.1 Å². The van der Waals surface area contributed by atoms with Crippen molar-refractivity contribution in [2.45, 2.75) is 24.9 Å². The molecule has 0 bridgehead atoms. The molecule has 0 spiro atoms. The second-order valence-corrected chi connectivity index (χ2v) is 9.03. The Bertz CT molecular complexity index is 1520. The van der Waals surface area contributed by atoms with Gasteiger partial charge in [0.2, 0.25) is 11.9 Å². The number of nitrogens with two attached hydrogens (primary N) is 1. The van der Waals surface area contributed by atoms with E-state index in [-0.39, 0.29) is 18.1 Å². The van der Waals surface area contributed by atoms with Crippen LogP contribution in [0.5, 0.6) is 11.5 Å². The second kappa shape index (κ2) is 10.1. The summed E-state index contributed by atoms with van der Waals surface area (Å²) >= 11 is 0. The van der Waals surface area contributed by atoms with Gasteiger partial charge >= 0.3 is 6.55 Å². The van der Waals surface area contributed by atoms with E-state index in [1.165, 1.54) is 19.5 Å². The summed E-state index contributed by atoms with van der Waals surface area (Å²) in [6, 6.07) is 11.8. The third-order valence-corrected chi connectivity index (χ3v) is 6.28. The Morgan fingerprint density at radius 3 is 2.74 bits per heavy atom. The number of nitrogens with one attached hydrogen (secondary N) is 2. The van der Waals surface area contributed by atoms with Gasteiger partial charge in [0.25, 0.3) is 0 Å². The van der Waals surface area contributed by atoms with E-state index in [4.69, 9.17) is 15.2 Å². The van der Waals surface area contributed by atoms with Crippen molar-refractivity contribution in [3.8, 4) is 22.8 Å². The number of para-hydroxylation sites is 1. The number of ether oxygens (including phenoxy) is 2. The summed E-state index contributed by atoms with van der Waals surface area (Å²) in [7, 11) is 1.49. The Morgan fingerprint density at radius 2 is 2.03 bits per heavy atom. The van der Waals surface area contributed by atoms with E-state index in [9.17, 15) is 13.6 Å². The summed E-state index contributed by atoms with van der Waals surface area (Å²) in [5.74, 6) is 0.562. The Morgan fingerprint density at radius 1 is 1.24 bits per heavy atom. The van der Waals surface area contributed by atoms with E-state index in [2.05, 4.69) is 27.2 Å². The first kappa shape index (κ1) is 25.2. The standard InChI is InChI=1S/C27H26F2N6O3/c1-3-24(36)32-20-12-19(22(37-2)13-23(20)38-15-27(30)9-10-27)34-26-31-11-8-18(33-26)17-14-35(25(28)29)21-7-5-4-6-16(17)21/h3-8,11-14,25H,1,9-10,15,30H2,2H3,(H,32,36)(H,31,33,34). The lowest BCUT2D eigenvalue weighted by Gasteiger charge is -2.18. The molecule has 0 unspecified atom stereocenters. The molecule has 4 aromatic rings. The Labute approximate surface area is 217 Å². The largest absolute Gasteiger partial charge is 0.494 e. The van der Waals surface area contributed by atoms with Crippen LogP contribution >= 0.6 is 0 Å². The average molecular weight is 521 g/mol. The number of fused-ring (bicyclic) bond motifs is 1. The predicted octanol–water partition coefficient (Wildman–Crippen LogP) is 5.24. The minimum Gasteiger partial charge on any atom is -0.494 e. The highest BCUT2D eigenvalue weighted by atomic mass is 19.3. The monoisotopic (exact) mass is 520 g/mol. The van der Waals surface area contributed by atoms with Gasteiger partial charge in [-0.2, -0.15) is 8.78 Å². The lowest BCUT2D eigenvalue weighted by atomic mass is 10.1. The average Bonchev–Trinajstić information content (AvgIpc) is 3.52. The van der Waals surface area contributed by atoms with Gasteiger partial charge in [-0.25, -0.2) is 9.97 Å². The number of carbonyl (C=O) groups is 1. The number of hydrogen-bond acceptors (Lipinski definition) is 7. The van der Waals surface area contributed by atoms with Gasteiger partial charge in [-0.05, 0) is 37.1 Å². The van der Waals surface area contributed by atoms with Crippen LogP contribution in [0.1, 0.15) is 19.4 Å². The number of methoxy groups -OCH3 is 1. The molecule has 1 saturated carbocycles. The van der Waals surface area contributed by atoms with Crippen molar-refractivity contribution in [1.82, 2.24) is 14.5 Å². The van der Waals surface area contributed by atoms with Crippen LogP contribution in [0.4, 0.5) is 26.1 Å². The number of anilines is 3. The minimum absolute atomic E-state index is 0.197. The van der Waals surface area contributed by atoms with Crippen molar-refractivity contribution in [3.05, 3.63) is 67.5 Å². The van der Waals surface area contributed by atoms with Crippen molar-refractivity contribution in [1.29, 1.82) is 0 Å². The van der Waals surface area contributed by atoms with Gasteiger partial charge in [-0.3, -0.25) is 9.36 Å². The lowest BCUT2D eigenvalue weighted by Crippen LogP contribution is -2.30. The molecule has 2 heterocycles. The van der Waals surface area contributed by atoms with Crippen LogP contribution in [-0.4, -0.2) is 39.7 Å². The number of hydrogen-bond donors (Lipinski definition) is 3. The van der Waals surface area contributed by atoms with E-state index in [1.807, 2.05) is 0 Å². The number of nitrogens with zero attached hydrogens (tertiary/aromatic N) is 3. The third-order valence-electron chi connectivity index (χ3n) is 6.28. The highest BCUT2D eigenvalue weighted by molar-refractivity contribution is 6.00. The number of aromatic nitrogens is 3. The van der Waals surface area contributed by atoms with Crippen LogP contribution in [0.15, 0.2) is 67.5 Å². The number of benzene rings is 2. The topological polar surface area (TPSA) is 116 Å². The van der Waals surface area contributed by atoms with Crippen LogP contribution in [0.2, 0.25) is 0 Å². The summed E-state index contributed by atoms with van der Waals surface area (Å²) in [5.41, 5.74) is 8.00. The number of halogens is 2. The van der Waals surface area contributed by atoms with Crippen LogP contribution in [0.25, 0.3) is 22.2 Å². The summed E-state index contributed by atoms with van der Waals surface area (Å²) < 4.78 is 39.6. The summed E-state index contributed by atoms with van der Waals surface area (Å²) in [4.78, 5) is 20.9. The van der Waals surface area contributed by atoms with Crippen molar-refractivity contribution < 1.29 is 23.0 Å². The van der Waals surface area contributed by atoms with Crippen LogP contribution in [-0.2, 0) is 4.79 Å². The fraction of sp³-hybridized carbons (Fsp3) is 0.222. The highest BCUT2D eigenvalue weighted by Crippen LogP contribution is 2.40. The van der Waals surface area contributed by atoms with Crippen molar-refractivity contribution >= 4 is 34.1 Å². The summed E-state index contributed by atoms with van der Waals surface area (Å²) in [6.45, 7) is 1.09. The molecule has 0 saturated heterocycles. The minimum atomic E-state index is -2.70. The molecule has 5 rings (SSSR count). The lowest BCUT2D eigenvalue weighted by molar-refractivity contribution is -0.111. The zero-order valence-electron chi connectivity index (χ0n) is 20.6. The van der Waals surface area contributed by atoms with E-state index >= 15 is 0 Å². The molecule has 38 heavy (non-hydrogen) atoms. The third kappa shape index (κ3) is 5.14. The van der Waals surface area contributed by atoms with E-state index in [1.54, 1.807) is 42.5 Å². The number of rotatable bonds is 10. The number of alkyl halides is 2. The molecule has 1 aliphatic rings. The van der Waals surface area contributed by atoms with Crippen LogP contribution in [0.3, 0.4) is 0 Å².